The van der Waals surface area contributed by atoms with Crippen molar-refractivity contribution in [1.82, 2.24) is 9.38 Å². The fourth-order valence-corrected chi connectivity index (χ4v) is 3.11. The van der Waals surface area contributed by atoms with Gasteiger partial charge in [-0.2, -0.15) is 0 Å². The summed E-state index contributed by atoms with van der Waals surface area (Å²) in [6, 6.07) is 19.3. The predicted molar refractivity (Wildman–Crippen MR) is 107 cm³/mol. The van der Waals surface area contributed by atoms with Crippen molar-refractivity contribution in [2.24, 2.45) is 0 Å². The Labute approximate surface area is 157 Å². The zero-order valence-corrected chi connectivity index (χ0v) is 15.3. The summed E-state index contributed by atoms with van der Waals surface area (Å²) in [4.78, 5) is 4.76. The molecule has 2 aromatic heterocycles. The van der Waals surface area contributed by atoms with E-state index in [0.717, 1.165) is 34.0 Å². The molecule has 0 amide bonds. The third-order valence-electron chi connectivity index (χ3n) is 4.56. The molecule has 0 fully saturated rings. The molecule has 2 N–H and O–H groups in total. The van der Waals surface area contributed by atoms with Gasteiger partial charge in [0.15, 0.2) is 0 Å². The minimum absolute atomic E-state index is 0.213. The van der Waals surface area contributed by atoms with Crippen LogP contribution >= 0.6 is 0 Å². The number of aromatic nitrogens is 2. The molecule has 0 saturated heterocycles. The summed E-state index contributed by atoms with van der Waals surface area (Å²) in [6.45, 7) is 2.67. The van der Waals surface area contributed by atoms with Gasteiger partial charge in [0.1, 0.15) is 28.7 Å². The first kappa shape index (κ1) is 17.0. The van der Waals surface area contributed by atoms with Crippen molar-refractivity contribution in [3.05, 3.63) is 78.0 Å². The van der Waals surface area contributed by atoms with E-state index in [1.165, 1.54) is 0 Å². The van der Waals surface area contributed by atoms with E-state index in [9.17, 15) is 5.11 Å². The maximum absolute atomic E-state index is 10.3. The number of fused-ring (bicyclic) bond motifs is 1. The molecule has 0 radical (unpaired) electrons. The highest BCUT2D eigenvalue weighted by atomic mass is 16.5. The molecule has 0 bridgehead atoms. The van der Waals surface area contributed by atoms with Gasteiger partial charge in [-0.15, -0.1) is 0 Å². The molecule has 136 valence electrons. The Bertz CT molecular complexity index is 1080. The van der Waals surface area contributed by atoms with E-state index in [0.29, 0.717) is 12.1 Å². The molecule has 0 aliphatic rings. The third kappa shape index (κ3) is 3.31. The highest BCUT2D eigenvalue weighted by Gasteiger charge is 2.16. The molecule has 2 heterocycles. The summed E-state index contributed by atoms with van der Waals surface area (Å²) in [7, 11) is 1.66. The fourth-order valence-electron chi connectivity index (χ4n) is 3.11. The van der Waals surface area contributed by atoms with Gasteiger partial charge < -0.3 is 15.2 Å². The summed E-state index contributed by atoms with van der Waals surface area (Å²) < 4.78 is 7.23. The van der Waals surface area contributed by atoms with Crippen molar-refractivity contribution in [2.45, 2.75) is 13.5 Å². The molecule has 0 aliphatic heterocycles. The van der Waals surface area contributed by atoms with Gasteiger partial charge in [-0.25, -0.2) is 4.98 Å². The number of aromatic hydroxyl groups is 1. The number of pyridine rings is 1. The summed E-state index contributed by atoms with van der Waals surface area (Å²) >= 11 is 0. The van der Waals surface area contributed by atoms with E-state index in [-0.39, 0.29) is 5.75 Å². The highest BCUT2D eigenvalue weighted by molar-refractivity contribution is 5.80. The van der Waals surface area contributed by atoms with E-state index in [4.69, 9.17) is 9.72 Å². The van der Waals surface area contributed by atoms with Gasteiger partial charge in [-0.1, -0.05) is 24.3 Å². The average Bonchev–Trinajstić information content (AvgIpc) is 3.04. The van der Waals surface area contributed by atoms with Crippen LogP contribution in [0.15, 0.2) is 66.9 Å². The quantitative estimate of drug-likeness (QED) is 0.545. The third-order valence-corrected chi connectivity index (χ3v) is 4.56. The van der Waals surface area contributed by atoms with Crippen LogP contribution < -0.4 is 10.1 Å². The number of hydrogen-bond donors (Lipinski definition) is 2. The second-order valence-corrected chi connectivity index (χ2v) is 6.46. The highest BCUT2D eigenvalue weighted by Crippen LogP contribution is 2.34. The molecular formula is C22H21N3O2. The van der Waals surface area contributed by atoms with Crippen molar-refractivity contribution >= 4 is 11.5 Å². The number of imidazole rings is 1. The number of phenolic OH excluding ortho intramolecular Hbond substituents is 1. The number of nitrogens with zero attached hydrogens (tertiary/aromatic N) is 2. The summed E-state index contributed by atoms with van der Waals surface area (Å²) in [5.41, 5.74) is 4.54. The van der Waals surface area contributed by atoms with Crippen LogP contribution in [-0.2, 0) is 6.54 Å². The standard InChI is InChI=1S/C22H21N3O2/c1-15-11-12-25-20(13-15)24-21(18-5-3-4-6-19(18)26)22(25)23-14-16-7-9-17(27-2)10-8-16/h3-13,23,26H,14H2,1-2H3. The van der Waals surface area contributed by atoms with Gasteiger partial charge >= 0.3 is 0 Å². The van der Waals surface area contributed by atoms with Crippen LogP contribution in [-0.4, -0.2) is 21.6 Å². The Morgan fingerprint density at radius 3 is 2.59 bits per heavy atom. The molecular weight excluding hydrogens is 338 g/mol. The molecule has 0 unspecified atom stereocenters. The number of benzene rings is 2. The van der Waals surface area contributed by atoms with E-state index < -0.39 is 0 Å². The zero-order valence-electron chi connectivity index (χ0n) is 15.3. The van der Waals surface area contributed by atoms with Crippen molar-refractivity contribution in [1.29, 1.82) is 0 Å². The van der Waals surface area contributed by atoms with Crippen LogP contribution in [0, 0.1) is 6.92 Å². The van der Waals surface area contributed by atoms with E-state index in [1.807, 2.05) is 72.1 Å². The van der Waals surface area contributed by atoms with Crippen LogP contribution in [0.25, 0.3) is 16.9 Å². The number of anilines is 1. The van der Waals surface area contributed by atoms with Gasteiger partial charge in [0.25, 0.3) is 0 Å². The Kier molecular flexibility index (Phi) is 4.42. The molecule has 0 spiro atoms. The van der Waals surface area contributed by atoms with E-state index >= 15 is 0 Å². The molecule has 4 rings (SSSR count). The smallest absolute Gasteiger partial charge is 0.139 e. The first-order chi connectivity index (χ1) is 13.2. The Morgan fingerprint density at radius 2 is 1.85 bits per heavy atom. The SMILES string of the molecule is COc1ccc(CNc2c(-c3ccccc3O)nc3cc(C)ccn23)cc1. The molecule has 4 aromatic rings. The minimum Gasteiger partial charge on any atom is -0.507 e. The van der Waals surface area contributed by atoms with Gasteiger partial charge in [-0.3, -0.25) is 4.40 Å². The van der Waals surface area contributed by atoms with Gasteiger partial charge in [0.2, 0.25) is 0 Å². The molecule has 5 heteroatoms. The van der Waals surface area contributed by atoms with Gasteiger partial charge in [0.05, 0.1) is 7.11 Å². The predicted octanol–water partition coefficient (Wildman–Crippen LogP) is 4.64. The lowest BCUT2D eigenvalue weighted by Gasteiger charge is -2.10. The number of rotatable bonds is 5. The monoisotopic (exact) mass is 359 g/mol. The van der Waals surface area contributed by atoms with E-state index in [1.54, 1.807) is 13.2 Å². The lowest BCUT2D eigenvalue weighted by atomic mass is 10.1. The largest absolute Gasteiger partial charge is 0.507 e. The second-order valence-electron chi connectivity index (χ2n) is 6.46. The first-order valence-corrected chi connectivity index (χ1v) is 8.79. The first-order valence-electron chi connectivity index (χ1n) is 8.79. The molecule has 27 heavy (non-hydrogen) atoms. The summed E-state index contributed by atoms with van der Waals surface area (Å²) in [6.07, 6.45) is 2.00. The minimum atomic E-state index is 0.213. The molecule has 0 saturated carbocycles. The molecule has 0 aliphatic carbocycles. The average molecular weight is 359 g/mol. The van der Waals surface area contributed by atoms with Crippen LogP contribution in [0.1, 0.15) is 11.1 Å². The van der Waals surface area contributed by atoms with Crippen molar-refractivity contribution in [2.75, 3.05) is 12.4 Å². The van der Waals surface area contributed by atoms with Crippen molar-refractivity contribution in [3.8, 4) is 22.8 Å². The van der Waals surface area contributed by atoms with Gasteiger partial charge in [0, 0.05) is 18.3 Å². The number of para-hydroxylation sites is 1. The van der Waals surface area contributed by atoms with Crippen LogP contribution in [0.2, 0.25) is 0 Å². The molecule has 0 atom stereocenters. The Hall–Kier alpha value is -3.47. The maximum atomic E-state index is 10.3. The number of aryl methyl sites for hydroxylation is 1. The van der Waals surface area contributed by atoms with Crippen LogP contribution in [0.3, 0.4) is 0 Å². The van der Waals surface area contributed by atoms with Gasteiger partial charge in [-0.05, 0) is 54.4 Å². The topological polar surface area (TPSA) is 58.8 Å². The number of ether oxygens (including phenoxy) is 1. The molecule has 2 aromatic carbocycles. The normalized spacial score (nSPS) is 10.9. The fraction of sp³-hybridized carbons (Fsp3) is 0.136. The van der Waals surface area contributed by atoms with Crippen LogP contribution in [0.4, 0.5) is 5.82 Å². The Morgan fingerprint density at radius 1 is 1.07 bits per heavy atom. The van der Waals surface area contributed by atoms with Crippen LogP contribution in [0.5, 0.6) is 11.5 Å². The maximum Gasteiger partial charge on any atom is 0.139 e. The number of hydrogen-bond acceptors (Lipinski definition) is 4. The lowest BCUT2D eigenvalue weighted by molar-refractivity contribution is 0.414. The second kappa shape index (κ2) is 7.03. The van der Waals surface area contributed by atoms with E-state index in [2.05, 4.69) is 5.32 Å². The van der Waals surface area contributed by atoms with Crippen molar-refractivity contribution in [3.63, 3.8) is 0 Å². The lowest BCUT2D eigenvalue weighted by Crippen LogP contribution is -2.03. The zero-order chi connectivity index (χ0) is 18.8. The summed E-state index contributed by atoms with van der Waals surface area (Å²) in [5, 5.41) is 13.8. The number of nitrogens with one attached hydrogen (secondary N) is 1. The number of methoxy groups -OCH3 is 1. The van der Waals surface area contributed by atoms with Crippen molar-refractivity contribution < 1.29 is 9.84 Å². The molecule has 5 nitrogen and oxygen atoms in total. The summed E-state index contributed by atoms with van der Waals surface area (Å²) in [5.74, 6) is 1.89. The number of phenols is 1. The Balaban J connectivity index is 1.75.